The Morgan fingerprint density at radius 1 is 1.14 bits per heavy atom. The Balaban J connectivity index is 1.33. The average molecular weight is 528 g/mol. The van der Waals surface area contributed by atoms with Gasteiger partial charge in [-0.25, -0.2) is 13.4 Å². The summed E-state index contributed by atoms with van der Waals surface area (Å²) in [5, 5.41) is 22.6. The van der Waals surface area contributed by atoms with Crippen molar-refractivity contribution in [1.29, 1.82) is 0 Å². The summed E-state index contributed by atoms with van der Waals surface area (Å²) in [5.41, 5.74) is 1.27. The summed E-state index contributed by atoms with van der Waals surface area (Å²) in [4.78, 5) is 17.8. The van der Waals surface area contributed by atoms with E-state index in [0.29, 0.717) is 48.4 Å². The number of benzene rings is 2. The minimum Gasteiger partial charge on any atom is -0.506 e. The number of halogens is 1. The largest absolute Gasteiger partial charge is 0.506 e. The van der Waals surface area contributed by atoms with Gasteiger partial charge in [0, 0.05) is 18.2 Å². The fourth-order valence-corrected chi connectivity index (χ4v) is 6.53. The number of phenols is 1. The maximum absolute atomic E-state index is 13.1. The van der Waals surface area contributed by atoms with E-state index >= 15 is 0 Å². The van der Waals surface area contributed by atoms with Crippen molar-refractivity contribution < 1.29 is 23.4 Å². The van der Waals surface area contributed by atoms with E-state index < -0.39 is 15.4 Å². The Morgan fingerprint density at radius 2 is 1.89 bits per heavy atom. The van der Waals surface area contributed by atoms with Gasteiger partial charge in [-0.05, 0) is 67.6 Å². The van der Waals surface area contributed by atoms with Gasteiger partial charge in [0.2, 0.25) is 15.9 Å². The number of aliphatic hydroxyl groups excluding tert-OH is 1. The molecule has 1 aromatic heterocycles. The molecule has 5 rings (SSSR count). The Kier molecular flexibility index (Phi) is 6.50. The van der Waals surface area contributed by atoms with Crippen LogP contribution in [-0.4, -0.2) is 53.0 Å². The highest BCUT2D eigenvalue weighted by Gasteiger charge is 2.51. The topological polar surface area (TPSA) is 120 Å². The summed E-state index contributed by atoms with van der Waals surface area (Å²) < 4.78 is 27.4. The van der Waals surface area contributed by atoms with Gasteiger partial charge >= 0.3 is 0 Å². The summed E-state index contributed by atoms with van der Waals surface area (Å²) in [6, 6.07) is 16.2. The van der Waals surface area contributed by atoms with Crippen molar-refractivity contribution in [3.63, 3.8) is 0 Å². The van der Waals surface area contributed by atoms with E-state index in [4.69, 9.17) is 11.6 Å². The number of carbonyl (C=O) groups excluding carboxylic acids is 1. The number of carbonyl (C=O) groups is 1. The molecular formula is C26H26ClN3O5S. The number of aromatic nitrogens is 1. The van der Waals surface area contributed by atoms with Gasteiger partial charge < -0.3 is 15.5 Å². The summed E-state index contributed by atoms with van der Waals surface area (Å²) in [6.07, 6.45) is 2.69. The van der Waals surface area contributed by atoms with Crippen molar-refractivity contribution in [3.8, 4) is 17.0 Å². The van der Waals surface area contributed by atoms with Crippen molar-refractivity contribution in [2.45, 2.75) is 42.0 Å². The Bertz CT molecular complexity index is 1410. The second-order valence-corrected chi connectivity index (χ2v) is 11.5. The number of pyridine rings is 1. The zero-order chi connectivity index (χ0) is 25.5. The first-order valence-electron chi connectivity index (χ1n) is 11.8. The third-order valence-electron chi connectivity index (χ3n) is 6.96. The molecule has 8 nitrogen and oxygen atoms in total. The first kappa shape index (κ1) is 24.7. The van der Waals surface area contributed by atoms with Crippen molar-refractivity contribution in [1.82, 2.24) is 9.29 Å². The molecule has 10 heteroatoms. The minimum atomic E-state index is -3.69. The Labute approximate surface area is 214 Å². The molecular weight excluding hydrogens is 502 g/mol. The number of hydrogen-bond acceptors (Lipinski definition) is 6. The van der Waals surface area contributed by atoms with Gasteiger partial charge in [-0.2, -0.15) is 4.31 Å². The Hall–Kier alpha value is -2.98. The van der Waals surface area contributed by atoms with Gasteiger partial charge in [-0.1, -0.05) is 35.9 Å². The first-order chi connectivity index (χ1) is 17.2. The van der Waals surface area contributed by atoms with Gasteiger partial charge in [0.15, 0.2) is 0 Å². The quantitative estimate of drug-likeness (QED) is 0.428. The molecule has 1 aliphatic carbocycles. The molecule has 3 aromatic rings. The lowest BCUT2D eigenvalue weighted by Crippen LogP contribution is -2.37. The predicted octanol–water partition coefficient (Wildman–Crippen LogP) is 3.92. The van der Waals surface area contributed by atoms with Crippen LogP contribution in [0.3, 0.4) is 0 Å². The summed E-state index contributed by atoms with van der Waals surface area (Å²) in [6.45, 7) is 0.204. The molecule has 188 valence electrons. The van der Waals surface area contributed by atoms with Crippen LogP contribution in [0.25, 0.3) is 11.3 Å². The van der Waals surface area contributed by atoms with E-state index in [1.165, 1.54) is 22.5 Å². The summed E-state index contributed by atoms with van der Waals surface area (Å²) in [5.74, 6) is 0.108. The summed E-state index contributed by atoms with van der Waals surface area (Å²) >= 11 is 5.91. The van der Waals surface area contributed by atoms with Gasteiger partial charge in [-0.3, -0.25) is 4.79 Å². The third kappa shape index (κ3) is 4.48. The number of rotatable bonds is 7. The van der Waals surface area contributed by atoms with Crippen LogP contribution in [0.5, 0.6) is 5.75 Å². The average Bonchev–Trinajstić information content (AvgIpc) is 3.55. The highest BCUT2D eigenvalue weighted by molar-refractivity contribution is 7.89. The monoisotopic (exact) mass is 527 g/mol. The second-order valence-electron chi connectivity index (χ2n) is 9.23. The lowest BCUT2D eigenvalue weighted by molar-refractivity contribution is -0.118. The molecule has 2 heterocycles. The zero-order valence-corrected chi connectivity index (χ0v) is 21.0. The number of nitrogens with one attached hydrogen (secondary N) is 1. The molecule has 1 saturated carbocycles. The van der Waals surface area contributed by atoms with E-state index in [-0.39, 0.29) is 34.2 Å². The second kappa shape index (κ2) is 9.48. The van der Waals surface area contributed by atoms with Crippen molar-refractivity contribution in [2.24, 2.45) is 0 Å². The van der Waals surface area contributed by atoms with Crippen LogP contribution < -0.4 is 5.32 Å². The molecule has 1 amide bonds. The Morgan fingerprint density at radius 3 is 2.56 bits per heavy atom. The molecule has 0 spiro atoms. The zero-order valence-electron chi connectivity index (χ0n) is 19.4. The molecule has 1 aliphatic heterocycles. The number of aliphatic hydroxyl groups is 1. The van der Waals surface area contributed by atoms with Gasteiger partial charge in [0.05, 0.1) is 27.6 Å². The number of aromatic hydroxyl groups is 1. The van der Waals surface area contributed by atoms with E-state index in [2.05, 4.69) is 10.3 Å². The molecule has 1 atom stereocenters. The summed E-state index contributed by atoms with van der Waals surface area (Å²) in [7, 11) is -3.69. The minimum absolute atomic E-state index is 0.0598. The van der Waals surface area contributed by atoms with Crippen LogP contribution in [0.15, 0.2) is 65.6 Å². The molecule has 1 saturated heterocycles. The molecule has 0 bridgehead atoms. The van der Waals surface area contributed by atoms with Crippen LogP contribution >= 0.6 is 11.6 Å². The lowest BCUT2D eigenvalue weighted by atomic mass is 9.94. The smallest absolute Gasteiger partial charge is 0.243 e. The van der Waals surface area contributed by atoms with E-state index in [0.717, 1.165) is 6.42 Å². The fourth-order valence-electron chi connectivity index (χ4n) is 4.72. The van der Waals surface area contributed by atoms with E-state index in [1.807, 2.05) is 0 Å². The number of phenolic OH excluding ortho intramolecular Hbond substituents is 1. The SMILES string of the molecule is O=C(Nc1cccc(-c2ccc(S(=O)(=O)N3CCC[C@@H]3CO)cc2)n1)C1(c2ccc(Cl)c(O)c2)CC1. The number of hydrogen-bond donors (Lipinski definition) is 3. The van der Waals surface area contributed by atoms with Gasteiger partial charge in [-0.15, -0.1) is 0 Å². The van der Waals surface area contributed by atoms with Crippen LogP contribution in [0.4, 0.5) is 5.82 Å². The van der Waals surface area contributed by atoms with Crippen molar-refractivity contribution >= 4 is 33.3 Å². The first-order valence-corrected chi connectivity index (χ1v) is 13.6. The predicted molar refractivity (Wildman–Crippen MR) is 136 cm³/mol. The molecule has 2 fully saturated rings. The number of sulfonamides is 1. The molecule has 3 N–H and O–H groups in total. The van der Waals surface area contributed by atoms with E-state index in [9.17, 15) is 23.4 Å². The van der Waals surface area contributed by atoms with Crippen LogP contribution in [0, 0.1) is 0 Å². The van der Waals surface area contributed by atoms with Crippen molar-refractivity contribution in [2.75, 3.05) is 18.5 Å². The van der Waals surface area contributed by atoms with Crippen LogP contribution in [0.1, 0.15) is 31.2 Å². The number of nitrogens with zero attached hydrogens (tertiary/aromatic N) is 2. The molecule has 36 heavy (non-hydrogen) atoms. The number of anilines is 1. The highest BCUT2D eigenvalue weighted by Crippen LogP contribution is 2.50. The molecule has 0 unspecified atom stereocenters. The normalized spacial score (nSPS) is 19.2. The standard InChI is InChI=1S/C26H26ClN3O5S/c27-21-11-8-18(15-23(21)32)26(12-13-26)25(33)29-24-5-1-4-22(28-24)17-6-9-20(10-7-17)36(34,35)30-14-2-3-19(30)16-31/h1,4-11,15,19,31-32H,2-3,12-14,16H2,(H,28,29,33)/t19-/m1/s1. The lowest BCUT2D eigenvalue weighted by Gasteiger charge is -2.22. The molecule has 2 aromatic carbocycles. The fraction of sp³-hybridized carbons (Fsp3) is 0.308. The van der Waals surface area contributed by atoms with Crippen LogP contribution in [-0.2, 0) is 20.2 Å². The van der Waals surface area contributed by atoms with Gasteiger partial charge in [0.25, 0.3) is 0 Å². The number of amides is 1. The van der Waals surface area contributed by atoms with Gasteiger partial charge in [0.1, 0.15) is 11.6 Å². The molecule has 2 aliphatic rings. The third-order valence-corrected chi connectivity index (χ3v) is 9.25. The maximum atomic E-state index is 13.1. The highest BCUT2D eigenvalue weighted by atomic mass is 35.5. The van der Waals surface area contributed by atoms with Crippen LogP contribution in [0.2, 0.25) is 5.02 Å². The van der Waals surface area contributed by atoms with E-state index in [1.54, 1.807) is 42.5 Å². The van der Waals surface area contributed by atoms with Crippen molar-refractivity contribution in [3.05, 3.63) is 71.2 Å². The molecule has 0 radical (unpaired) electrons. The maximum Gasteiger partial charge on any atom is 0.243 e.